The summed E-state index contributed by atoms with van der Waals surface area (Å²) in [6.45, 7) is -4.70. The van der Waals surface area contributed by atoms with Crippen molar-refractivity contribution in [3.8, 4) is 0 Å². The fourth-order valence-corrected chi connectivity index (χ4v) is 0.567. The molecule has 0 bridgehead atoms. The zero-order valence-electron chi connectivity index (χ0n) is 4.46. The highest BCUT2D eigenvalue weighted by Crippen LogP contribution is 2.21. The van der Waals surface area contributed by atoms with E-state index in [1.165, 1.54) is 0 Å². The van der Waals surface area contributed by atoms with E-state index in [0.717, 1.165) is 0 Å². The van der Waals surface area contributed by atoms with Gasteiger partial charge in [0.2, 0.25) is 0 Å². The van der Waals surface area contributed by atoms with Gasteiger partial charge in [0.1, 0.15) is 4.84 Å². The second-order valence-corrected chi connectivity index (χ2v) is 2.96. The van der Waals surface area contributed by atoms with Crippen LogP contribution in [0.2, 0.25) is 6.32 Å². The molecule has 0 aliphatic carbocycles. The fraction of sp³-hybridized carbons (Fsp3) is 1.00. The van der Waals surface area contributed by atoms with E-state index in [9.17, 15) is 12.9 Å². The number of alkyl halides is 2. The third-order valence-corrected chi connectivity index (χ3v) is 1.15. The lowest BCUT2D eigenvalue weighted by atomic mass is 9.85. The number of hydrogen-bond donors (Lipinski definition) is 0. The van der Waals surface area contributed by atoms with Crippen LogP contribution in [0, 0.1) is 0 Å². The summed E-state index contributed by atoms with van der Waals surface area (Å²) in [6.07, 6.45) is -1.05. The number of halogens is 5. The van der Waals surface area contributed by atoms with E-state index < -0.39 is 18.1 Å². The van der Waals surface area contributed by atoms with E-state index >= 15 is 0 Å². The highest BCUT2D eigenvalue weighted by atomic mass is 35.5. The summed E-state index contributed by atoms with van der Waals surface area (Å²) in [5, 5.41) is 0. The van der Waals surface area contributed by atoms with Crippen LogP contribution in [0.1, 0.15) is 6.42 Å². The van der Waals surface area contributed by atoms with E-state index in [1.807, 2.05) is 0 Å². The lowest BCUT2D eigenvalue weighted by Crippen LogP contribution is -2.14. The van der Waals surface area contributed by atoms with Crippen molar-refractivity contribution in [1.29, 1.82) is 0 Å². The van der Waals surface area contributed by atoms with Crippen LogP contribution in [0.3, 0.4) is 0 Å². The summed E-state index contributed by atoms with van der Waals surface area (Å²) in [7, 11) is 0. The standard InChI is InChI=1S/C3H5BCl2F3/c5-3(6)1-2-4(7,8)9/h3H,1-2H2/q-1. The van der Waals surface area contributed by atoms with Crippen molar-refractivity contribution in [3.63, 3.8) is 0 Å². The molecule has 0 atom stereocenters. The molecule has 0 unspecified atom stereocenters. The minimum Gasteiger partial charge on any atom is -0.449 e. The van der Waals surface area contributed by atoms with Gasteiger partial charge >= 0.3 is 6.98 Å². The summed E-state index contributed by atoms with van der Waals surface area (Å²) in [5.41, 5.74) is 0. The van der Waals surface area contributed by atoms with Gasteiger partial charge in [-0.2, -0.15) is 0 Å². The van der Waals surface area contributed by atoms with Crippen molar-refractivity contribution in [2.75, 3.05) is 0 Å². The lowest BCUT2D eigenvalue weighted by Gasteiger charge is -2.12. The zero-order valence-corrected chi connectivity index (χ0v) is 5.97. The van der Waals surface area contributed by atoms with E-state index in [1.54, 1.807) is 0 Å². The molecule has 0 aliphatic rings. The Morgan fingerprint density at radius 1 is 1.22 bits per heavy atom. The summed E-state index contributed by atoms with van der Waals surface area (Å²) in [5.74, 6) is 0. The van der Waals surface area contributed by atoms with Gasteiger partial charge in [-0.15, -0.1) is 23.2 Å². The molecule has 0 fully saturated rings. The predicted molar refractivity (Wildman–Crippen MR) is 34.0 cm³/mol. The Morgan fingerprint density at radius 2 is 1.67 bits per heavy atom. The van der Waals surface area contributed by atoms with Crippen LogP contribution in [0.5, 0.6) is 0 Å². The van der Waals surface area contributed by atoms with Gasteiger partial charge in [-0.25, -0.2) is 0 Å². The van der Waals surface area contributed by atoms with Crippen LogP contribution in [-0.4, -0.2) is 11.8 Å². The Balaban J connectivity index is 3.28. The molecule has 6 heteroatoms. The van der Waals surface area contributed by atoms with Crippen molar-refractivity contribution in [1.82, 2.24) is 0 Å². The summed E-state index contributed by atoms with van der Waals surface area (Å²) in [6, 6.07) is 0. The first-order valence-corrected chi connectivity index (χ1v) is 3.28. The van der Waals surface area contributed by atoms with E-state index in [2.05, 4.69) is 0 Å². The van der Waals surface area contributed by atoms with Crippen LogP contribution in [0.25, 0.3) is 0 Å². The monoisotopic (exact) mass is 179 g/mol. The van der Waals surface area contributed by atoms with Gasteiger partial charge in [-0.1, -0.05) is 6.32 Å². The summed E-state index contributed by atoms with van der Waals surface area (Å²) in [4.78, 5) is -0.895. The first-order chi connectivity index (χ1) is 3.92. The number of rotatable bonds is 3. The summed E-state index contributed by atoms with van der Waals surface area (Å²) < 4.78 is 34.1. The molecule has 0 aliphatic heterocycles. The van der Waals surface area contributed by atoms with Gasteiger partial charge in [0.15, 0.2) is 0 Å². The van der Waals surface area contributed by atoms with Crippen LogP contribution >= 0.6 is 23.2 Å². The van der Waals surface area contributed by atoms with E-state index in [4.69, 9.17) is 23.2 Å². The van der Waals surface area contributed by atoms with Crippen LogP contribution < -0.4 is 0 Å². The average Bonchev–Trinajstić information content (AvgIpc) is 1.59. The molecular formula is C3H5BCl2F3-. The van der Waals surface area contributed by atoms with Gasteiger partial charge in [0.25, 0.3) is 0 Å². The molecule has 0 aromatic rings. The van der Waals surface area contributed by atoms with Crippen molar-refractivity contribution < 1.29 is 12.9 Å². The third kappa shape index (κ3) is 8.43. The number of hydrogen-bond acceptors (Lipinski definition) is 0. The Morgan fingerprint density at radius 3 is 1.78 bits per heavy atom. The molecule has 0 aromatic carbocycles. The normalized spacial score (nSPS) is 12.7. The van der Waals surface area contributed by atoms with Crippen molar-refractivity contribution in [2.45, 2.75) is 17.6 Å². The Labute approximate surface area is 61.4 Å². The smallest absolute Gasteiger partial charge is 0.449 e. The van der Waals surface area contributed by atoms with Gasteiger partial charge in [0, 0.05) is 0 Å². The minimum atomic E-state index is -4.70. The lowest BCUT2D eigenvalue weighted by molar-refractivity contribution is 0.465. The first-order valence-electron chi connectivity index (χ1n) is 2.41. The molecule has 0 amide bonds. The second-order valence-electron chi connectivity index (χ2n) is 1.68. The largest absolute Gasteiger partial charge is 0.478 e. The molecule has 0 radical (unpaired) electrons. The quantitative estimate of drug-likeness (QED) is 0.462. The van der Waals surface area contributed by atoms with Crippen LogP contribution in [0.4, 0.5) is 12.9 Å². The SMILES string of the molecule is F[B-](F)(F)CCC(Cl)Cl. The van der Waals surface area contributed by atoms with Crippen LogP contribution in [0.15, 0.2) is 0 Å². The Hall–Kier alpha value is 0.435. The first kappa shape index (κ1) is 9.43. The molecule has 0 spiro atoms. The topological polar surface area (TPSA) is 0 Å². The fourth-order valence-electron chi connectivity index (χ4n) is 0.315. The Kier molecular flexibility index (Phi) is 3.74. The minimum absolute atomic E-state index is 0.202. The van der Waals surface area contributed by atoms with E-state index in [0.29, 0.717) is 0 Å². The Bertz CT molecular complexity index is 81.6. The molecule has 0 rings (SSSR count). The van der Waals surface area contributed by atoms with Gasteiger partial charge < -0.3 is 12.9 Å². The second kappa shape index (κ2) is 3.57. The van der Waals surface area contributed by atoms with Gasteiger partial charge in [-0.05, 0) is 6.42 Å². The average molecular weight is 180 g/mol. The highest BCUT2D eigenvalue weighted by molar-refractivity contribution is 6.58. The van der Waals surface area contributed by atoms with Crippen molar-refractivity contribution in [2.24, 2.45) is 0 Å². The van der Waals surface area contributed by atoms with Crippen LogP contribution in [-0.2, 0) is 0 Å². The van der Waals surface area contributed by atoms with Crippen molar-refractivity contribution in [3.05, 3.63) is 0 Å². The molecule has 0 N–H and O–H groups in total. The summed E-state index contributed by atoms with van der Waals surface area (Å²) >= 11 is 10.1. The third-order valence-electron chi connectivity index (χ3n) is 0.712. The van der Waals surface area contributed by atoms with E-state index in [-0.39, 0.29) is 6.42 Å². The zero-order chi connectivity index (χ0) is 7.49. The maximum Gasteiger partial charge on any atom is 0.478 e. The molecule has 0 aromatic heterocycles. The maximum atomic E-state index is 11.4. The molecule has 0 nitrogen and oxygen atoms in total. The van der Waals surface area contributed by atoms with Gasteiger partial charge in [-0.3, -0.25) is 0 Å². The van der Waals surface area contributed by atoms with Gasteiger partial charge in [0.05, 0.1) is 0 Å². The molecule has 9 heavy (non-hydrogen) atoms. The predicted octanol–water partition coefficient (Wildman–Crippen LogP) is 3.03. The molecular weight excluding hydrogens is 175 g/mol. The molecule has 0 saturated carbocycles. The molecule has 0 heterocycles. The van der Waals surface area contributed by atoms with Crippen molar-refractivity contribution >= 4 is 30.2 Å². The molecule has 56 valence electrons. The highest BCUT2D eigenvalue weighted by Gasteiger charge is 2.22. The molecule has 0 saturated heterocycles. The maximum absolute atomic E-state index is 11.4.